The van der Waals surface area contributed by atoms with E-state index in [4.69, 9.17) is 9.72 Å². The zero-order valence-electron chi connectivity index (χ0n) is 20.2. The maximum atomic E-state index is 14.2. The summed E-state index contributed by atoms with van der Waals surface area (Å²) in [7, 11) is 1.64. The second-order valence-electron chi connectivity index (χ2n) is 10.0. The number of fused-ring (bicyclic) bond motifs is 2. The molecular weight excluding hydrogens is 442 g/mol. The molecule has 0 radical (unpaired) electrons. The number of amides is 1. The second-order valence-corrected chi connectivity index (χ2v) is 10.0. The van der Waals surface area contributed by atoms with Crippen LogP contribution in [0.4, 0.5) is 11.6 Å². The van der Waals surface area contributed by atoms with Crippen molar-refractivity contribution in [3.05, 3.63) is 59.7 Å². The molecule has 182 valence electrons. The Kier molecular flexibility index (Phi) is 5.44. The average molecular weight is 474 g/mol. The molecule has 2 unspecified atom stereocenters. The van der Waals surface area contributed by atoms with E-state index >= 15 is 0 Å². The van der Waals surface area contributed by atoms with E-state index in [0.717, 1.165) is 34.9 Å². The van der Waals surface area contributed by atoms with Gasteiger partial charge in [-0.05, 0) is 62.4 Å². The Morgan fingerprint density at radius 2 is 2.09 bits per heavy atom. The minimum Gasteiger partial charge on any atom is -0.497 e. The molecule has 2 aliphatic heterocycles. The predicted octanol–water partition coefficient (Wildman–Crippen LogP) is 3.11. The van der Waals surface area contributed by atoms with Crippen molar-refractivity contribution < 1.29 is 9.53 Å². The molecule has 1 spiro atoms. The highest BCUT2D eigenvalue weighted by Crippen LogP contribution is 2.43. The van der Waals surface area contributed by atoms with Crippen LogP contribution in [0.2, 0.25) is 0 Å². The lowest BCUT2D eigenvalue weighted by Crippen LogP contribution is -2.53. The molecule has 2 fully saturated rings. The Hall–Kier alpha value is -3.46. The summed E-state index contributed by atoms with van der Waals surface area (Å²) in [6, 6.07) is 9.99. The largest absolute Gasteiger partial charge is 0.497 e. The molecule has 3 aliphatic rings. The van der Waals surface area contributed by atoms with E-state index < -0.39 is 5.41 Å². The third-order valence-electron chi connectivity index (χ3n) is 7.66. The molecule has 2 N–H and O–H groups in total. The van der Waals surface area contributed by atoms with Gasteiger partial charge in [0, 0.05) is 49.3 Å². The first kappa shape index (κ1) is 22.0. The SMILES string of the molecule is COc1ccc(N2Cc3cnc(NC(C)C4CC4)nc3C3(CCN(Cc4cc[nH]n4)C3)C2=O)cc1. The van der Waals surface area contributed by atoms with Crippen molar-refractivity contribution in [2.75, 3.05) is 30.4 Å². The van der Waals surface area contributed by atoms with Gasteiger partial charge in [-0.25, -0.2) is 9.97 Å². The number of carbonyl (C=O) groups is 1. The molecule has 9 nitrogen and oxygen atoms in total. The molecule has 2 atom stereocenters. The molecule has 1 saturated heterocycles. The van der Waals surface area contributed by atoms with E-state index in [1.165, 1.54) is 12.8 Å². The number of ether oxygens (including phenoxy) is 1. The summed E-state index contributed by atoms with van der Waals surface area (Å²) in [6.07, 6.45) is 6.96. The van der Waals surface area contributed by atoms with Gasteiger partial charge in [0.25, 0.3) is 0 Å². The van der Waals surface area contributed by atoms with E-state index in [1.807, 2.05) is 47.6 Å². The summed E-state index contributed by atoms with van der Waals surface area (Å²) in [5.41, 5.74) is 2.99. The van der Waals surface area contributed by atoms with Gasteiger partial charge in [-0.3, -0.25) is 14.8 Å². The first-order chi connectivity index (χ1) is 17.1. The van der Waals surface area contributed by atoms with E-state index in [9.17, 15) is 4.79 Å². The summed E-state index contributed by atoms with van der Waals surface area (Å²) in [5.74, 6) is 2.17. The van der Waals surface area contributed by atoms with Crippen molar-refractivity contribution in [1.82, 2.24) is 25.1 Å². The molecule has 3 aromatic rings. The standard InChI is InChI=1S/C26H31N7O2/c1-17(18-3-4-18)29-25-27-13-19-14-33(21-5-7-22(35-2)8-6-21)24(34)26(23(19)30-25)10-12-32(16-26)15-20-9-11-28-31-20/h5-9,11,13,17-18H,3-4,10,12,14-16H2,1-2H3,(H,28,31)(H,27,29,30). The summed E-state index contributed by atoms with van der Waals surface area (Å²) in [5, 5.41) is 10.7. The predicted molar refractivity (Wildman–Crippen MR) is 132 cm³/mol. The number of likely N-dealkylation sites (tertiary alicyclic amines) is 1. The van der Waals surface area contributed by atoms with Crippen LogP contribution in [0.5, 0.6) is 5.75 Å². The van der Waals surface area contributed by atoms with Crippen molar-refractivity contribution in [3.8, 4) is 5.75 Å². The van der Waals surface area contributed by atoms with Crippen LogP contribution in [0.15, 0.2) is 42.7 Å². The highest BCUT2D eigenvalue weighted by molar-refractivity contribution is 6.03. The van der Waals surface area contributed by atoms with Crippen molar-refractivity contribution >= 4 is 17.5 Å². The van der Waals surface area contributed by atoms with Gasteiger partial charge in [-0.2, -0.15) is 5.10 Å². The van der Waals surface area contributed by atoms with E-state index in [2.05, 4.69) is 32.3 Å². The van der Waals surface area contributed by atoms with Gasteiger partial charge in [0.15, 0.2) is 0 Å². The molecular formula is C26H31N7O2. The molecule has 4 heterocycles. The fourth-order valence-electron chi connectivity index (χ4n) is 5.50. The quantitative estimate of drug-likeness (QED) is 0.544. The Balaban J connectivity index is 1.36. The summed E-state index contributed by atoms with van der Waals surface area (Å²) in [6.45, 7) is 4.76. The third-order valence-corrected chi connectivity index (χ3v) is 7.66. The topological polar surface area (TPSA) is 99.3 Å². The van der Waals surface area contributed by atoms with Crippen LogP contribution in [-0.4, -0.2) is 57.2 Å². The molecule has 1 saturated carbocycles. The minimum absolute atomic E-state index is 0.0968. The molecule has 35 heavy (non-hydrogen) atoms. The fourth-order valence-corrected chi connectivity index (χ4v) is 5.50. The minimum atomic E-state index is -0.716. The normalized spacial score (nSPS) is 22.9. The van der Waals surface area contributed by atoms with Gasteiger partial charge >= 0.3 is 0 Å². The van der Waals surface area contributed by atoms with Crippen molar-refractivity contribution in [2.45, 2.75) is 50.7 Å². The number of aromatic amines is 1. The first-order valence-electron chi connectivity index (χ1n) is 12.4. The Bertz CT molecular complexity index is 1210. The molecule has 9 heteroatoms. The average Bonchev–Trinajstić information content (AvgIpc) is 3.46. The number of methoxy groups -OCH3 is 1. The van der Waals surface area contributed by atoms with Crippen LogP contribution in [0, 0.1) is 5.92 Å². The zero-order chi connectivity index (χ0) is 24.0. The molecule has 1 aliphatic carbocycles. The van der Waals surface area contributed by atoms with Gasteiger partial charge in [0.2, 0.25) is 11.9 Å². The first-order valence-corrected chi connectivity index (χ1v) is 12.4. The summed E-state index contributed by atoms with van der Waals surface area (Å²) in [4.78, 5) is 28.1. The number of carbonyl (C=O) groups excluding carboxylic acids is 1. The van der Waals surface area contributed by atoms with Gasteiger partial charge in [-0.15, -0.1) is 0 Å². The van der Waals surface area contributed by atoms with Crippen LogP contribution in [0.3, 0.4) is 0 Å². The lowest BCUT2D eigenvalue weighted by molar-refractivity contribution is -0.124. The highest BCUT2D eigenvalue weighted by atomic mass is 16.5. The highest BCUT2D eigenvalue weighted by Gasteiger charge is 2.53. The molecule has 1 amide bonds. The van der Waals surface area contributed by atoms with E-state index in [0.29, 0.717) is 44.0 Å². The van der Waals surface area contributed by atoms with Gasteiger partial charge < -0.3 is 15.0 Å². The van der Waals surface area contributed by atoms with Crippen LogP contribution in [-0.2, 0) is 23.3 Å². The Morgan fingerprint density at radius 1 is 1.26 bits per heavy atom. The monoisotopic (exact) mass is 473 g/mol. The van der Waals surface area contributed by atoms with Crippen molar-refractivity contribution in [2.24, 2.45) is 5.92 Å². The third kappa shape index (κ3) is 4.03. The van der Waals surface area contributed by atoms with Gasteiger partial charge in [0.05, 0.1) is 25.0 Å². The van der Waals surface area contributed by atoms with Crippen LogP contribution in [0.1, 0.15) is 43.1 Å². The Morgan fingerprint density at radius 3 is 2.80 bits per heavy atom. The molecule has 2 aromatic heterocycles. The smallest absolute Gasteiger partial charge is 0.240 e. The molecule has 1 aromatic carbocycles. The number of nitrogens with one attached hydrogen (secondary N) is 2. The van der Waals surface area contributed by atoms with Crippen molar-refractivity contribution in [3.63, 3.8) is 0 Å². The number of benzene rings is 1. The lowest BCUT2D eigenvalue weighted by Gasteiger charge is -2.40. The van der Waals surface area contributed by atoms with E-state index in [1.54, 1.807) is 7.11 Å². The number of aromatic nitrogens is 4. The molecule has 6 rings (SSSR count). The number of anilines is 2. The molecule has 0 bridgehead atoms. The summed E-state index contributed by atoms with van der Waals surface area (Å²) >= 11 is 0. The van der Waals surface area contributed by atoms with Crippen molar-refractivity contribution in [1.29, 1.82) is 0 Å². The number of hydrogen-bond acceptors (Lipinski definition) is 7. The maximum absolute atomic E-state index is 14.2. The number of H-pyrrole nitrogens is 1. The van der Waals surface area contributed by atoms with Crippen LogP contribution < -0.4 is 15.0 Å². The number of hydrogen-bond donors (Lipinski definition) is 2. The number of nitrogens with zero attached hydrogens (tertiary/aromatic N) is 5. The van der Waals surface area contributed by atoms with Gasteiger partial charge in [0.1, 0.15) is 11.2 Å². The maximum Gasteiger partial charge on any atom is 0.240 e. The van der Waals surface area contributed by atoms with Crippen LogP contribution in [0.25, 0.3) is 0 Å². The zero-order valence-corrected chi connectivity index (χ0v) is 20.2. The van der Waals surface area contributed by atoms with Gasteiger partial charge in [-0.1, -0.05) is 0 Å². The lowest BCUT2D eigenvalue weighted by atomic mass is 9.77. The van der Waals surface area contributed by atoms with E-state index in [-0.39, 0.29) is 5.91 Å². The number of rotatable bonds is 7. The van der Waals surface area contributed by atoms with Crippen LogP contribution >= 0.6 is 0 Å². The fraction of sp³-hybridized carbons (Fsp3) is 0.462. The Labute approximate surface area is 204 Å². The second kappa shape index (κ2) is 8.64. The summed E-state index contributed by atoms with van der Waals surface area (Å²) < 4.78 is 5.32.